The van der Waals surface area contributed by atoms with Crippen LogP contribution in [0.3, 0.4) is 0 Å². The van der Waals surface area contributed by atoms with Gasteiger partial charge in [-0.25, -0.2) is 4.39 Å². The molecule has 3 rings (SSSR count). The summed E-state index contributed by atoms with van der Waals surface area (Å²) < 4.78 is 12.8. The number of benzene rings is 2. The van der Waals surface area contributed by atoms with Crippen LogP contribution in [-0.2, 0) is 11.2 Å². The SMILES string of the molecule is O=C(NCCc1ccc(F)cc1)C1CC1c1ccc(O)cc1. The van der Waals surface area contributed by atoms with E-state index in [1.807, 2.05) is 12.1 Å². The minimum absolute atomic E-state index is 0.0257. The molecule has 2 unspecified atom stereocenters. The Morgan fingerprint density at radius 2 is 1.82 bits per heavy atom. The first kappa shape index (κ1) is 14.6. The Labute approximate surface area is 128 Å². The number of carbonyl (C=O) groups is 1. The van der Waals surface area contributed by atoms with Crippen LogP contribution in [0.25, 0.3) is 0 Å². The summed E-state index contributed by atoms with van der Waals surface area (Å²) in [7, 11) is 0. The number of phenolic OH excluding ortho intramolecular Hbond substituents is 1. The van der Waals surface area contributed by atoms with Crippen molar-refractivity contribution in [2.24, 2.45) is 5.92 Å². The van der Waals surface area contributed by atoms with Crippen molar-refractivity contribution in [1.82, 2.24) is 5.32 Å². The summed E-state index contributed by atoms with van der Waals surface area (Å²) in [6.45, 7) is 0.559. The zero-order valence-electron chi connectivity index (χ0n) is 12.1. The number of aromatic hydroxyl groups is 1. The molecule has 4 heteroatoms. The molecule has 1 fully saturated rings. The predicted octanol–water partition coefficient (Wildman–Crippen LogP) is 2.99. The van der Waals surface area contributed by atoms with Gasteiger partial charge in [0.25, 0.3) is 0 Å². The van der Waals surface area contributed by atoms with Crippen LogP contribution in [0.1, 0.15) is 23.5 Å². The van der Waals surface area contributed by atoms with Crippen LogP contribution in [0.4, 0.5) is 4.39 Å². The number of halogens is 1. The van der Waals surface area contributed by atoms with Gasteiger partial charge in [-0.15, -0.1) is 0 Å². The van der Waals surface area contributed by atoms with E-state index < -0.39 is 0 Å². The smallest absolute Gasteiger partial charge is 0.223 e. The van der Waals surface area contributed by atoms with Gasteiger partial charge in [0.05, 0.1) is 0 Å². The predicted molar refractivity (Wildman–Crippen MR) is 82.1 cm³/mol. The van der Waals surface area contributed by atoms with E-state index in [0.29, 0.717) is 13.0 Å². The highest BCUT2D eigenvalue weighted by Crippen LogP contribution is 2.47. The number of hydrogen-bond donors (Lipinski definition) is 2. The van der Waals surface area contributed by atoms with Gasteiger partial charge in [0, 0.05) is 12.5 Å². The lowest BCUT2D eigenvalue weighted by Crippen LogP contribution is -2.27. The van der Waals surface area contributed by atoms with Gasteiger partial charge in [-0.3, -0.25) is 4.79 Å². The molecule has 0 aliphatic heterocycles. The third-order valence-corrected chi connectivity index (χ3v) is 4.07. The molecule has 22 heavy (non-hydrogen) atoms. The van der Waals surface area contributed by atoms with Crippen molar-refractivity contribution in [3.05, 3.63) is 65.5 Å². The second kappa shape index (κ2) is 6.18. The van der Waals surface area contributed by atoms with Gasteiger partial charge in [-0.1, -0.05) is 24.3 Å². The van der Waals surface area contributed by atoms with Gasteiger partial charge in [-0.05, 0) is 54.2 Å². The van der Waals surface area contributed by atoms with E-state index in [1.54, 1.807) is 24.3 Å². The van der Waals surface area contributed by atoms with Crippen LogP contribution >= 0.6 is 0 Å². The standard InChI is InChI=1S/C18H18FNO2/c19-14-5-1-12(2-6-14)9-10-20-18(22)17-11-16(17)13-3-7-15(21)8-4-13/h1-8,16-17,21H,9-11H2,(H,20,22). The van der Waals surface area contributed by atoms with Crippen molar-refractivity contribution in [2.75, 3.05) is 6.54 Å². The zero-order valence-corrected chi connectivity index (χ0v) is 12.1. The topological polar surface area (TPSA) is 49.3 Å². The summed E-state index contributed by atoms with van der Waals surface area (Å²) in [6.07, 6.45) is 1.55. The van der Waals surface area contributed by atoms with E-state index in [1.165, 1.54) is 12.1 Å². The Kier molecular flexibility index (Phi) is 4.09. The van der Waals surface area contributed by atoms with Crippen LogP contribution in [0.15, 0.2) is 48.5 Å². The van der Waals surface area contributed by atoms with Crippen molar-refractivity contribution in [3.8, 4) is 5.75 Å². The molecule has 2 aromatic carbocycles. The first-order valence-electron chi connectivity index (χ1n) is 7.44. The summed E-state index contributed by atoms with van der Waals surface area (Å²) >= 11 is 0. The molecule has 0 bridgehead atoms. The van der Waals surface area contributed by atoms with E-state index >= 15 is 0 Å². The number of rotatable bonds is 5. The van der Waals surface area contributed by atoms with E-state index in [9.17, 15) is 14.3 Å². The van der Waals surface area contributed by atoms with Gasteiger partial charge in [0.15, 0.2) is 0 Å². The lowest BCUT2D eigenvalue weighted by Gasteiger charge is -2.05. The van der Waals surface area contributed by atoms with Gasteiger partial charge in [0.2, 0.25) is 5.91 Å². The molecular weight excluding hydrogens is 281 g/mol. The molecule has 1 aliphatic rings. The molecule has 1 saturated carbocycles. The molecule has 0 radical (unpaired) electrons. The minimum Gasteiger partial charge on any atom is -0.508 e. The van der Waals surface area contributed by atoms with Crippen LogP contribution in [0.2, 0.25) is 0 Å². The van der Waals surface area contributed by atoms with Crippen LogP contribution in [0.5, 0.6) is 5.75 Å². The number of nitrogens with one attached hydrogen (secondary N) is 1. The van der Waals surface area contributed by atoms with Crippen molar-refractivity contribution < 1.29 is 14.3 Å². The van der Waals surface area contributed by atoms with Gasteiger partial charge in [0.1, 0.15) is 11.6 Å². The Balaban J connectivity index is 1.45. The Morgan fingerprint density at radius 1 is 1.14 bits per heavy atom. The van der Waals surface area contributed by atoms with Crippen molar-refractivity contribution >= 4 is 5.91 Å². The summed E-state index contributed by atoms with van der Waals surface area (Å²) in [5.74, 6) is 0.344. The molecule has 0 heterocycles. The van der Waals surface area contributed by atoms with Gasteiger partial charge >= 0.3 is 0 Å². The molecule has 0 saturated heterocycles. The maximum Gasteiger partial charge on any atom is 0.223 e. The summed E-state index contributed by atoms with van der Waals surface area (Å²) in [6, 6.07) is 13.4. The molecule has 2 aromatic rings. The maximum absolute atomic E-state index is 12.8. The maximum atomic E-state index is 12.8. The molecular formula is C18H18FNO2. The lowest BCUT2D eigenvalue weighted by molar-refractivity contribution is -0.122. The number of amides is 1. The third-order valence-electron chi connectivity index (χ3n) is 4.07. The number of hydrogen-bond acceptors (Lipinski definition) is 2. The highest BCUT2D eigenvalue weighted by Gasteiger charge is 2.43. The summed E-state index contributed by atoms with van der Waals surface area (Å²) in [4.78, 5) is 12.1. The summed E-state index contributed by atoms with van der Waals surface area (Å²) in [5, 5.41) is 12.2. The Morgan fingerprint density at radius 3 is 2.50 bits per heavy atom. The number of carbonyl (C=O) groups excluding carboxylic acids is 1. The average Bonchev–Trinajstić information content (AvgIpc) is 3.30. The van der Waals surface area contributed by atoms with E-state index in [0.717, 1.165) is 17.5 Å². The Bertz CT molecular complexity index is 652. The van der Waals surface area contributed by atoms with Gasteiger partial charge < -0.3 is 10.4 Å². The molecule has 0 aromatic heterocycles. The fraction of sp³-hybridized carbons (Fsp3) is 0.278. The van der Waals surface area contributed by atoms with Gasteiger partial charge in [-0.2, -0.15) is 0 Å². The van der Waals surface area contributed by atoms with Crippen LogP contribution < -0.4 is 5.32 Å². The molecule has 1 amide bonds. The number of phenols is 1. The van der Waals surface area contributed by atoms with E-state index in [2.05, 4.69) is 5.32 Å². The fourth-order valence-corrected chi connectivity index (χ4v) is 2.69. The molecule has 1 aliphatic carbocycles. The quantitative estimate of drug-likeness (QED) is 0.891. The van der Waals surface area contributed by atoms with Crippen molar-refractivity contribution in [3.63, 3.8) is 0 Å². The Hall–Kier alpha value is -2.36. The molecule has 114 valence electrons. The minimum atomic E-state index is -0.248. The monoisotopic (exact) mass is 299 g/mol. The van der Waals surface area contributed by atoms with Crippen molar-refractivity contribution in [1.29, 1.82) is 0 Å². The van der Waals surface area contributed by atoms with Crippen molar-refractivity contribution in [2.45, 2.75) is 18.8 Å². The molecule has 2 atom stereocenters. The zero-order chi connectivity index (χ0) is 15.5. The van der Waals surface area contributed by atoms with Crippen LogP contribution in [0, 0.1) is 11.7 Å². The highest BCUT2D eigenvalue weighted by atomic mass is 19.1. The second-order valence-corrected chi connectivity index (χ2v) is 5.71. The average molecular weight is 299 g/mol. The largest absolute Gasteiger partial charge is 0.508 e. The van der Waals surface area contributed by atoms with E-state index in [-0.39, 0.29) is 29.3 Å². The second-order valence-electron chi connectivity index (χ2n) is 5.71. The normalized spacial score (nSPS) is 19.7. The fourth-order valence-electron chi connectivity index (χ4n) is 2.69. The van der Waals surface area contributed by atoms with Crippen LogP contribution in [-0.4, -0.2) is 17.6 Å². The summed E-state index contributed by atoms with van der Waals surface area (Å²) in [5.41, 5.74) is 2.10. The highest BCUT2D eigenvalue weighted by molar-refractivity contribution is 5.82. The third kappa shape index (κ3) is 3.45. The van der Waals surface area contributed by atoms with E-state index in [4.69, 9.17) is 0 Å². The molecule has 2 N–H and O–H groups in total. The first-order valence-corrected chi connectivity index (χ1v) is 7.44. The molecule has 3 nitrogen and oxygen atoms in total. The lowest BCUT2D eigenvalue weighted by atomic mass is 10.1. The first-order chi connectivity index (χ1) is 10.6. The molecule has 0 spiro atoms.